The molecule has 0 aliphatic rings. The lowest BCUT2D eigenvalue weighted by Gasteiger charge is -2.00. The lowest BCUT2D eigenvalue weighted by molar-refractivity contribution is 0.595. The molecule has 66 valence electrons. The van der Waals surface area contributed by atoms with Crippen LogP contribution in [-0.4, -0.2) is 16.5 Å². The maximum Gasteiger partial charge on any atom is 0.139 e. The van der Waals surface area contributed by atoms with E-state index in [9.17, 15) is 8.60 Å². The first-order valence-corrected chi connectivity index (χ1v) is 4.90. The Morgan fingerprint density at radius 2 is 2.08 bits per heavy atom. The predicted octanol–water partition coefficient (Wildman–Crippen LogP) is 0.892. The Labute approximate surface area is 73.0 Å². The molecule has 0 amide bonds. The largest absolute Gasteiger partial charge is 0.330 e. The molecule has 0 fully saturated rings. The minimum Gasteiger partial charge on any atom is -0.330 e. The smallest absolute Gasteiger partial charge is 0.139 e. The molecule has 1 atom stereocenters. The summed E-state index contributed by atoms with van der Waals surface area (Å²) in [6, 6.07) is 6.04. The van der Waals surface area contributed by atoms with Crippen molar-refractivity contribution in [3.05, 3.63) is 30.1 Å². The van der Waals surface area contributed by atoms with Gasteiger partial charge in [-0.2, -0.15) is 0 Å². The van der Waals surface area contributed by atoms with Crippen molar-refractivity contribution in [3.63, 3.8) is 0 Å². The quantitative estimate of drug-likeness (QED) is 0.763. The van der Waals surface area contributed by atoms with Crippen LogP contribution < -0.4 is 5.73 Å². The molecule has 2 N–H and O–H groups in total. The van der Waals surface area contributed by atoms with Crippen LogP contribution in [0.25, 0.3) is 0 Å². The van der Waals surface area contributed by atoms with Crippen molar-refractivity contribution in [2.24, 2.45) is 5.73 Å². The Bertz CT molecular complexity index is 290. The van der Waals surface area contributed by atoms with E-state index in [1.807, 2.05) is 0 Å². The van der Waals surface area contributed by atoms with Crippen molar-refractivity contribution in [1.29, 1.82) is 0 Å². The van der Waals surface area contributed by atoms with Crippen LogP contribution in [0.15, 0.2) is 29.2 Å². The molecule has 0 unspecified atom stereocenters. The maximum atomic E-state index is 12.9. The second-order valence-corrected chi connectivity index (χ2v) is 3.81. The van der Waals surface area contributed by atoms with Crippen LogP contribution in [0.5, 0.6) is 0 Å². The van der Waals surface area contributed by atoms with E-state index in [0.29, 0.717) is 12.3 Å². The van der Waals surface area contributed by atoms with E-state index >= 15 is 0 Å². The average molecular weight is 187 g/mol. The third-order valence-corrected chi connectivity index (χ3v) is 2.81. The molecule has 1 rings (SSSR count). The molecule has 0 radical (unpaired) electrons. The van der Waals surface area contributed by atoms with Gasteiger partial charge in [-0.05, 0) is 12.1 Å². The number of rotatable bonds is 3. The molecule has 0 heterocycles. The predicted molar refractivity (Wildman–Crippen MR) is 46.7 cm³/mol. The Morgan fingerprint density at radius 3 is 2.67 bits per heavy atom. The first kappa shape index (κ1) is 9.35. The van der Waals surface area contributed by atoms with Gasteiger partial charge in [-0.25, -0.2) is 4.39 Å². The molecule has 2 nitrogen and oxygen atoms in total. The minimum atomic E-state index is -1.30. The molecule has 0 spiro atoms. The lowest BCUT2D eigenvalue weighted by Crippen LogP contribution is -2.11. The fourth-order valence-electron chi connectivity index (χ4n) is 0.846. The van der Waals surface area contributed by atoms with Crippen molar-refractivity contribution < 1.29 is 8.60 Å². The van der Waals surface area contributed by atoms with Gasteiger partial charge in [-0.3, -0.25) is 4.21 Å². The van der Waals surface area contributed by atoms with Gasteiger partial charge in [-0.1, -0.05) is 12.1 Å². The lowest BCUT2D eigenvalue weighted by atomic mass is 10.3. The van der Waals surface area contributed by atoms with Crippen molar-refractivity contribution in [3.8, 4) is 0 Å². The van der Waals surface area contributed by atoms with Crippen LogP contribution in [0.4, 0.5) is 4.39 Å². The Hall–Kier alpha value is -0.740. The fraction of sp³-hybridized carbons (Fsp3) is 0.250. The highest BCUT2D eigenvalue weighted by atomic mass is 32.2. The number of hydrogen-bond donors (Lipinski definition) is 1. The van der Waals surface area contributed by atoms with Gasteiger partial charge in [-0.15, -0.1) is 0 Å². The maximum absolute atomic E-state index is 12.9. The molecule has 1 aromatic carbocycles. The van der Waals surface area contributed by atoms with E-state index in [0.717, 1.165) is 0 Å². The van der Waals surface area contributed by atoms with Gasteiger partial charge in [0.1, 0.15) is 5.82 Å². The van der Waals surface area contributed by atoms with Crippen LogP contribution in [0, 0.1) is 5.82 Å². The Kier molecular flexibility index (Phi) is 3.37. The molecule has 4 heteroatoms. The minimum absolute atomic E-state index is 0.239. The van der Waals surface area contributed by atoms with Crippen LogP contribution in [-0.2, 0) is 10.8 Å². The zero-order valence-electron chi connectivity index (χ0n) is 6.50. The molecule has 0 aliphatic carbocycles. The Morgan fingerprint density at radius 1 is 1.42 bits per heavy atom. The van der Waals surface area contributed by atoms with Crippen LogP contribution in [0.2, 0.25) is 0 Å². The summed E-state index contributed by atoms with van der Waals surface area (Å²) in [7, 11) is -1.30. The van der Waals surface area contributed by atoms with Gasteiger partial charge in [0.2, 0.25) is 0 Å². The van der Waals surface area contributed by atoms with Crippen molar-refractivity contribution >= 4 is 10.8 Å². The first-order chi connectivity index (χ1) is 5.75. The third kappa shape index (κ3) is 2.12. The summed E-state index contributed by atoms with van der Waals surface area (Å²) >= 11 is 0. The van der Waals surface area contributed by atoms with Crippen LogP contribution in [0.3, 0.4) is 0 Å². The molecule has 1 aromatic rings. The van der Waals surface area contributed by atoms with Gasteiger partial charge in [0, 0.05) is 12.3 Å². The summed E-state index contributed by atoms with van der Waals surface area (Å²) < 4.78 is 24.2. The second kappa shape index (κ2) is 4.33. The van der Waals surface area contributed by atoms with Crippen LogP contribution in [0.1, 0.15) is 0 Å². The summed E-state index contributed by atoms with van der Waals surface area (Å²) in [5, 5.41) is 0. The Balaban J connectivity index is 2.87. The van der Waals surface area contributed by atoms with Crippen LogP contribution >= 0.6 is 0 Å². The number of halogens is 1. The van der Waals surface area contributed by atoms with Gasteiger partial charge in [0.25, 0.3) is 0 Å². The molecule has 0 bridgehead atoms. The van der Waals surface area contributed by atoms with E-state index in [-0.39, 0.29) is 4.90 Å². The summed E-state index contributed by atoms with van der Waals surface area (Å²) in [6.45, 7) is 0.306. The van der Waals surface area contributed by atoms with Crippen molar-refractivity contribution in [1.82, 2.24) is 0 Å². The van der Waals surface area contributed by atoms with E-state index in [1.54, 1.807) is 12.1 Å². The average Bonchev–Trinajstić information content (AvgIpc) is 2.05. The van der Waals surface area contributed by atoms with Gasteiger partial charge in [0.15, 0.2) is 0 Å². The standard InChI is InChI=1S/C8H10FNOS/c9-7-3-1-2-4-8(7)12(11)6-5-10/h1-4H,5-6,10H2/t12-/m1/s1. The third-order valence-electron chi connectivity index (χ3n) is 1.39. The normalized spacial score (nSPS) is 12.8. The molecule has 0 saturated carbocycles. The zero-order chi connectivity index (χ0) is 8.97. The summed E-state index contributed by atoms with van der Waals surface area (Å²) in [5.41, 5.74) is 5.20. The number of hydrogen-bond acceptors (Lipinski definition) is 2. The zero-order valence-corrected chi connectivity index (χ0v) is 7.31. The van der Waals surface area contributed by atoms with Gasteiger partial charge < -0.3 is 5.73 Å². The number of nitrogens with two attached hydrogens (primary N) is 1. The highest BCUT2D eigenvalue weighted by molar-refractivity contribution is 7.85. The topological polar surface area (TPSA) is 43.1 Å². The summed E-state index contributed by atoms with van der Waals surface area (Å²) in [4.78, 5) is 0.239. The monoisotopic (exact) mass is 187 g/mol. The number of benzene rings is 1. The molecule has 0 aliphatic heterocycles. The second-order valence-electron chi connectivity index (χ2n) is 2.27. The first-order valence-electron chi connectivity index (χ1n) is 3.58. The van der Waals surface area contributed by atoms with Gasteiger partial charge in [0.05, 0.1) is 15.7 Å². The van der Waals surface area contributed by atoms with Gasteiger partial charge >= 0.3 is 0 Å². The molecule has 0 saturated heterocycles. The van der Waals surface area contributed by atoms with E-state index < -0.39 is 16.6 Å². The molecule has 0 aromatic heterocycles. The fourth-order valence-corrected chi connectivity index (χ4v) is 1.80. The highest BCUT2D eigenvalue weighted by Gasteiger charge is 2.06. The molecular formula is C8H10FNOS. The molecule has 12 heavy (non-hydrogen) atoms. The van der Waals surface area contributed by atoms with Crippen molar-refractivity contribution in [2.75, 3.05) is 12.3 Å². The summed E-state index contributed by atoms with van der Waals surface area (Å²) in [5.74, 6) is -0.120. The van der Waals surface area contributed by atoms with E-state index in [4.69, 9.17) is 5.73 Å². The highest BCUT2D eigenvalue weighted by Crippen LogP contribution is 2.10. The molecular weight excluding hydrogens is 177 g/mol. The van der Waals surface area contributed by atoms with Crippen molar-refractivity contribution in [2.45, 2.75) is 4.90 Å². The summed E-state index contributed by atoms with van der Waals surface area (Å²) in [6.07, 6.45) is 0. The van der Waals surface area contributed by atoms with E-state index in [2.05, 4.69) is 0 Å². The van der Waals surface area contributed by atoms with E-state index in [1.165, 1.54) is 12.1 Å². The SMILES string of the molecule is NCC[S@@](=O)c1ccccc1F.